The molecule has 6 heteroatoms. The molecule has 1 N–H and O–H groups in total. The summed E-state index contributed by atoms with van der Waals surface area (Å²) in [5.41, 5.74) is 2.44. The van der Waals surface area contributed by atoms with Gasteiger partial charge in [0.05, 0.1) is 0 Å². The quantitative estimate of drug-likeness (QED) is 0.831. The number of thioether (sulfide) groups is 1. The van der Waals surface area contributed by atoms with E-state index in [0.717, 1.165) is 42.8 Å². The predicted octanol–water partition coefficient (Wildman–Crippen LogP) is 2.95. The van der Waals surface area contributed by atoms with Gasteiger partial charge in [-0.2, -0.15) is 0 Å². The highest BCUT2D eigenvalue weighted by Gasteiger charge is 2.24. The highest BCUT2D eigenvalue weighted by atomic mass is 32.2. The summed E-state index contributed by atoms with van der Waals surface area (Å²) in [6.07, 6.45) is 1.31. The Labute approximate surface area is 160 Å². The third kappa shape index (κ3) is 5.24. The Hall–Kier alpha value is -1.53. The number of nitrogens with one attached hydrogen (secondary N) is 1. The Morgan fingerprint density at radius 1 is 1.19 bits per heavy atom. The molecule has 0 saturated carbocycles. The van der Waals surface area contributed by atoms with Crippen LogP contribution in [0.25, 0.3) is 0 Å². The molecule has 26 heavy (non-hydrogen) atoms. The molecular weight excluding hydrogens is 346 g/mol. The maximum absolute atomic E-state index is 12.2. The third-order valence-electron chi connectivity index (χ3n) is 5.11. The zero-order valence-corrected chi connectivity index (χ0v) is 16.6. The molecule has 2 fully saturated rings. The van der Waals surface area contributed by atoms with E-state index >= 15 is 0 Å². The first kappa shape index (κ1) is 19.2. The number of carbonyl (C=O) groups excluding carboxylic acids is 2. The highest BCUT2D eigenvalue weighted by Crippen LogP contribution is 2.23. The summed E-state index contributed by atoms with van der Waals surface area (Å²) in [6, 6.07) is 8.33. The van der Waals surface area contributed by atoms with E-state index in [0.29, 0.717) is 13.1 Å². The second-order valence-electron chi connectivity index (χ2n) is 7.72. The summed E-state index contributed by atoms with van der Waals surface area (Å²) in [6.45, 7) is 9.21. The largest absolute Gasteiger partial charge is 0.350 e. The van der Waals surface area contributed by atoms with E-state index < -0.39 is 0 Å². The van der Waals surface area contributed by atoms with Crippen molar-refractivity contribution in [2.45, 2.75) is 33.4 Å². The average molecular weight is 376 g/mol. The van der Waals surface area contributed by atoms with Crippen LogP contribution in [0.5, 0.6) is 0 Å². The SMILES string of the molecule is C[C@H]1C[C@H](C)CN(Cc2ccccc2CNC(=O)CN2CCSC2=O)C1. The first-order valence-electron chi connectivity index (χ1n) is 9.49. The van der Waals surface area contributed by atoms with Crippen molar-refractivity contribution in [1.29, 1.82) is 0 Å². The predicted molar refractivity (Wildman–Crippen MR) is 106 cm³/mol. The molecule has 3 rings (SSSR count). The van der Waals surface area contributed by atoms with Crippen molar-refractivity contribution < 1.29 is 9.59 Å². The number of nitrogens with zero attached hydrogens (tertiary/aromatic N) is 2. The lowest BCUT2D eigenvalue weighted by Crippen LogP contribution is -2.39. The molecule has 0 bridgehead atoms. The van der Waals surface area contributed by atoms with E-state index in [2.05, 4.69) is 42.3 Å². The zero-order chi connectivity index (χ0) is 18.5. The van der Waals surface area contributed by atoms with E-state index in [4.69, 9.17) is 0 Å². The smallest absolute Gasteiger partial charge is 0.282 e. The average Bonchev–Trinajstić information content (AvgIpc) is 2.98. The minimum atomic E-state index is -0.0872. The molecule has 2 heterocycles. The molecule has 2 saturated heterocycles. The second-order valence-corrected chi connectivity index (χ2v) is 8.77. The van der Waals surface area contributed by atoms with Crippen molar-refractivity contribution in [2.24, 2.45) is 11.8 Å². The summed E-state index contributed by atoms with van der Waals surface area (Å²) in [4.78, 5) is 27.9. The summed E-state index contributed by atoms with van der Waals surface area (Å²) < 4.78 is 0. The van der Waals surface area contributed by atoms with Gasteiger partial charge in [0.1, 0.15) is 6.54 Å². The lowest BCUT2D eigenvalue weighted by Gasteiger charge is -2.35. The lowest BCUT2D eigenvalue weighted by molar-refractivity contribution is -0.121. The van der Waals surface area contributed by atoms with Crippen LogP contribution in [-0.4, -0.2) is 52.9 Å². The first-order valence-corrected chi connectivity index (χ1v) is 10.5. The van der Waals surface area contributed by atoms with Crippen molar-refractivity contribution in [1.82, 2.24) is 15.1 Å². The van der Waals surface area contributed by atoms with Gasteiger partial charge in [-0.25, -0.2) is 0 Å². The Morgan fingerprint density at radius 2 is 1.88 bits per heavy atom. The summed E-state index contributed by atoms with van der Waals surface area (Å²) in [7, 11) is 0. The summed E-state index contributed by atoms with van der Waals surface area (Å²) in [5, 5.41) is 2.99. The molecule has 0 spiro atoms. The number of likely N-dealkylation sites (tertiary alicyclic amines) is 1. The fourth-order valence-electron chi connectivity index (χ4n) is 4.04. The van der Waals surface area contributed by atoms with Crippen LogP contribution in [0.2, 0.25) is 0 Å². The molecule has 0 aliphatic carbocycles. The molecule has 1 aromatic carbocycles. The fourth-order valence-corrected chi connectivity index (χ4v) is 4.86. The van der Waals surface area contributed by atoms with Gasteiger partial charge in [0.2, 0.25) is 5.91 Å². The first-order chi connectivity index (χ1) is 12.5. The van der Waals surface area contributed by atoms with Crippen molar-refractivity contribution in [3.05, 3.63) is 35.4 Å². The van der Waals surface area contributed by atoms with Gasteiger partial charge >= 0.3 is 0 Å². The molecule has 0 radical (unpaired) electrons. The third-order valence-corrected chi connectivity index (χ3v) is 6.00. The number of amides is 2. The van der Waals surface area contributed by atoms with Crippen LogP contribution in [0, 0.1) is 11.8 Å². The topological polar surface area (TPSA) is 52.7 Å². The Kier molecular flexibility index (Phi) is 6.59. The lowest BCUT2D eigenvalue weighted by atomic mass is 9.91. The standard InChI is InChI=1S/C20H29N3O2S/c1-15-9-16(2)12-22(11-15)13-18-6-4-3-5-17(18)10-21-19(24)14-23-7-8-26-20(23)25/h3-6,15-16H,7-14H2,1-2H3,(H,21,24)/t15-,16-/m0/s1. The Morgan fingerprint density at radius 3 is 2.54 bits per heavy atom. The van der Waals surface area contributed by atoms with Crippen molar-refractivity contribution in [2.75, 3.05) is 31.9 Å². The van der Waals surface area contributed by atoms with Crippen LogP contribution < -0.4 is 5.32 Å². The maximum Gasteiger partial charge on any atom is 0.282 e. The number of benzene rings is 1. The van der Waals surface area contributed by atoms with Crippen LogP contribution in [0.1, 0.15) is 31.4 Å². The van der Waals surface area contributed by atoms with E-state index in [-0.39, 0.29) is 17.7 Å². The van der Waals surface area contributed by atoms with E-state index in [1.165, 1.54) is 23.7 Å². The minimum Gasteiger partial charge on any atom is -0.350 e. The molecule has 142 valence electrons. The molecule has 2 aliphatic rings. The molecule has 1 aromatic rings. The van der Waals surface area contributed by atoms with Crippen LogP contribution in [-0.2, 0) is 17.9 Å². The van der Waals surface area contributed by atoms with Gasteiger partial charge in [0.25, 0.3) is 5.24 Å². The molecular formula is C20H29N3O2S. The fraction of sp³-hybridized carbons (Fsp3) is 0.600. The van der Waals surface area contributed by atoms with Crippen LogP contribution >= 0.6 is 11.8 Å². The van der Waals surface area contributed by atoms with E-state index in [9.17, 15) is 9.59 Å². The van der Waals surface area contributed by atoms with Gasteiger partial charge in [-0.15, -0.1) is 0 Å². The summed E-state index contributed by atoms with van der Waals surface area (Å²) >= 11 is 1.29. The van der Waals surface area contributed by atoms with Gasteiger partial charge < -0.3 is 10.2 Å². The second kappa shape index (κ2) is 8.91. The van der Waals surface area contributed by atoms with Crippen LogP contribution in [0.3, 0.4) is 0 Å². The Balaban J connectivity index is 1.55. The number of carbonyl (C=O) groups is 2. The van der Waals surface area contributed by atoms with E-state index in [1.807, 2.05) is 6.07 Å². The van der Waals surface area contributed by atoms with Crippen LogP contribution in [0.4, 0.5) is 4.79 Å². The highest BCUT2D eigenvalue weighted by molar-refractivity contribution is 8.13. The normalized spacial score (nSPS) is 24.1. The van der Waals surface area contributed by atoms with Gasteiger partial charge in [0, 0.05) is 38.5 Å². The van der Waals surface area contributed by atoms with Gasteiger partial charge in [0.15, 0.2) is 0 Å². The zero-order valence-electron chi connectivity index (χ0n) is 15.7. The van der Waals surface area contributed by atoms with Gasteiger partial charge in [-0.05, 0) is 29.4 Å². The minimum absolute atomic E-state index is 0.00823. The molecule has 2 atom stereocenters. The molecule has 2 amide bonds. The van der Waals surface area contributed by atoms with Crippen LogP contribution in [0.15, 0.2) is 24.3 Å². The monoisotopic (exact) mass is 375 g/mol. The van der Waals surface area contributed by atoms with Crippen molar-refractivity contribution in [3.8, 4) is 0 Å². The van der Waals surface area contributed by atoms with Gasteiger partial charge in [-0.1, -0.05) is 49.9 Å². The molecule has 5 nitrogen and oxygen atoms in total. The summed E-state index contributed by atoms with van der Waals surface area (Å²) in [5.74, 6) is 2.17. The molecule has 2 aliphatic heterocycles. The number of piperidine rings is 1. The van der Waals surface area contributed by atoms with Crippen molar-refractivity contribution >= 4 is 22.9 Å². The number of hydrogen-bond acceptors (Lipinski definition) is 4. The molecule has 0 unspecified atom stereocenters. The maximum atomic E-state index is 12.2. The Bertz CT molecular complexity index is 642. The van der Waals surface area contributed by atoms with E-state index in [1.54, 1.807) is 4.90 Å². The van der Waals surface area contributed by atoms with Crippen molar-refractivity contribution in [3.63, 3.8) is 0 Å². The molecule has 0 aromatic heterocycles. The van der Waals surface area contributed by atoms with Gasteiger partial charge in [-0.3, -0.25) is 14.5 Å². The number of hydrogen-bond donors (Lipinski definition) is 1. The number of rotatable bonds is 6.